The summed E-state index contributed by atoms with van der Waals surface area (Å²) >= 11 is 15.2. The molecule has 0 aromatic heterocycles. The Hall–Kier alpha value is -3.95. The first kappa shape index (κ1) is 80.1. The number of hydrogen-bond acceptors (Lipinski definition) is 10. The van der Waals surface area contributed by atoms with E-state index in [1.54, 1.807) is 39.0 Å². The summed E-state index contributed by atoms with van der Waals surface area (Å²) in [5, 5.41) is 19.2. The molecule has 2 N–H and O–H groups in total. The minimum Gasteiger partial charge on any atom is -0.508 e. The van der Waals surface area contributed by atoms with E-state index in [1.165, 1.54) is 56.5 Å². The van der Waals surface area contributed by atoms with Gasteiger partial charge >= 0.3 is 62.4 Å². The lowest BCUT2D eigenvalue weighted by Gasteiger charge is -2.12. The molecule has 0 spiro atoms. The van der Waals surface area contributed by atoms with Gasteiger partial charge in [0.2, 0.25) is 0 Å². The molecule has 5 rings (SSSR count). The van der Waals surface area contributed by atoms with Crippen LogP contribution >= 0.6 is 58.9 Å². The molecule has 0 bridgehead atoms. The number of aryl methyl sites for hydroxylation is 14. The predicted molar refractivity (Wildman–Crippen MR) is 296 cm³/mol. The number of alkyl halides is 15. The van der Waals surface area contributed by atoms with Crippen LogP contribution in [0.3, 0.4) is 0 Å². The lowest BCUT2D eigenvalue weighted by atomic mass is 10.0. The maximum atomic E-state index is 12.4. The number of rotatable bonds is 4. The van der Waals surface area contributed by atoms with Crippen molar-refractivity contribution in [3.63, 3.8) is 0 Å². The molecule has 0 saturated carbocycles. The Labute approximate surface area is 496 Å². The smallest absolute Gasteiger partial charge is 0.508 e. The van der Waals surface area contributed by atoms with Crippen molar-refractivity contribution in [3.05, 3.63) is 155 Å². The summed E-state index contributed by atoms with van der Waals surface area (Å²) in [5.74, 6) is -0.0148. The monoisotopic (exact) mass is 1470 g/mol. The fraction of sp³-hybridized carbons (Fsp3) is 0.388. The summed E-state index contributed by atoms with van der Waals surface area (Å²) in [7, 11) is -19.3. The van der Waals surface area contributed by atoms with Gasteiger partial charge in [-0.25, -0.2) is 0 Å². The summed E-state index contributed by atoms with van der Waals surface area (Å²) in [6, 6.07) is 15.6. The zero-order valence-electron chi connectivity index (χ0n) is 45.4. The van der Waals surface area contributed by atoms with Crippen molar-refractivity contribution in [3.8, 4) is 17.2 Å². The van der Waals surface area contributed by atoms with E-state index in [-0.39, 0.29) is 31.4 Å². The zero-order valence-corrected chi connectivity index (χ0v) is 53.4. The van der Waals surface area contributed by atoms with E-state index in [2.05, 4.69) is 71.4 Å². The number of halogens is 19. The highest BCUT2D eigenvalue weighted by Crippen LogP contribution is 2.37. The minimum absolute atomic E-state index is 0.0376. The second-order valence-corrected chi connectivity index (χ2v) is 29.1. The Balaban J connectivity index is 0. The number of phenolic OH excluding ortho intramolecular Hbond substituents is 2. The molecule has 0 saturated heterocycles. The van der Waals surface area contributed by atoms with Crippen molar-refractivity contribution < 1.29 is 109 Å². The molecule has 0 unspecified atom stereocenters. The minimum atomic E-state index is -6.85. The van der Waals surface area contributed by atoms with Crippen LogP contribution in [0, 0.1) is 96.9 Å². The lowest BCUT2D eigenvalue weighted by Crippen LogP contribution is -2.34. The van der Waals surface area contributed by atoms with Crippen LogP contribution in [0.5, 0.6) is 17.2 Å². The number of aromatic hydroxyl groups is 2. The highest BCUT2D eigenvalue weighted by Gasteiger charge is 2.57. The van der Waals surface area contributed by atoms with Gasteiger partial charge in [-0.05, 0) is 211 Å². The Morgan fingerprint density at radius 2 is 0.610 bits per heavy atom. The second-order valence-electron chi connectivity index (χ2n) is 17.4. The van der Waals surface area contributed by atoms with Crippen LogP contribution in [-0.4, -0.2) is 55.2 Å². The summed E-state index contributed by atoms with van der Waals surface area (Å²) in [6.07, 6.45) is -8.58. The van der Waals surface area contributed by atoms with Gasteiger partial charge in [-0.15, -0.1) is 50.9 Å². The van der Waals surface area contributed by atoms with Crippen LogP contribution in [0.4, 0.5) is 65.9 Å². The van der Waals surface area contributed by atoms with Crippen molar-refractivity contribution in [1.29, 1.82) is 0 Å². The Morgan fingerprint density at radius 3 is 0.939 bits per heavy atom. The van der Waals surface area contributed by atoms with Crippen LogP contribution < -0.4 is 4.18 Å². The third kappa shape index (κ3) is 27.0. The van der Waals surface area contributed by atoms with Gasteiger partial charge < -0.3 is 14.4 Å². The predicted octanol–water partition coefficient (Wildman–Crippen LogP) is 17.9. The maximum Gasteiger partial charge on any atom is 0.534 e. The first-order valence-corrected chi connectivity index (χ1v) is 29.6. The summed E-state index contributed by atoms with van der Waals surface area (Å²) in [6.45, 7) is 24.8. The van der Waals surface area contributed by atoms with Crippen LogP contribution in [-0.2, 0) is 46.3 Å². The molecule has 0 fully saturated rings. The fourth-order valence-electron chi connectivity index (χ4n) is 5.63. The van der Waals surface area contributed by atoms with Gasteiger partial charge in [0.15, 0.2) is 0 Å². The molecular weight excluding hydrogens is 1420 g/mol. The molecule has 5 aromatic rings. The van der Waals surface area contributed by atoms with E-state index in [1.807, 2.05) is 50.4 Å². The molecule has 0 aliphatic carbocycles. The fourth-order valence-corrected chi connectivity index (χ4v) is 7.92. The number of hydrogen-bond donors (Lipinski definition) is 2. The van der Waals surface area contributed by atoms with E-state index >= 15 is 0 Å². The van der Waals surface area contributed by atoms with Gasteiger partial charge in [0.05, 0.1) is 11.1 Å². The van der Waals surface area contributed by atoms with Crippen molar-refractivity contribution >= 4 is 92.4 Å². The Bertz CT molecular complexity index is 3050. The van der Waals surface area contributed by atoms with Crippen LogP contribution in [0.25, 0.3) is 0 Å². The van der Waals surface area contributed by atoms with Crippen molar-refractivity contribution in [2.24, 2.45) is 0 Å². The summed E-state index contributed by atoms with van der Waals surface area (Å²) in [5.41, 5.74) is -8.15. The highest BCUT2D eigenvalue weighted by atomic mass is 79.9. The van der Waals surface area contributed by atoms with Crippen LogP contribution in [0.2, 0.25) is 5.02 Å². The molecule has 0 aliphatic rings. The molecule has 0 radical (unpaired) electrons. The summed E-state index contributed by atoms with van der Waals surface area (Å²) < 4.78 is 246. The van der Waals surface area contributed by atoms with Crippen LogP contribution in [0.1, 0.15) is 89.0 Å². The van der Waals surface area contributed by atoms with E-state index in [0.717, 1.165) is 45.0 Å². The molecule has 0 atom stereocenters. The van der Waals surface area contributed by atoms with Gasteiger partial charge in [-0.3, -0.25) is 0 Å². The molecule has 0 heterocycles. The zero-order chi connectivity index (χ0) is 65.6. The maximum absolute atomic E-state index is 12.4. The Kier molecular flexibility index (Phi) is 30.7. The van der Waals surface area contributed by atoms with E-state index in [0.29, 0.717) is 22.4 Å². The first-order valence-electron chi connectivity index (χ1n) is 22.2. The molecule has 0 amide bonds. The lowest BCUT2D eigenvalue weighted by molar-refractivity contribution is -0.138. The van der Waals surface area contributed by atoms with Crippen molar-refractivity contribution in [1.82, 2.24) is 0 Å². The first-order chi connectivity index (χ1) is 36.3. The molecule has 10 nitrogen and oxygen atoms in total. The Morgan fingerprint density at radius 1 is 0.366 bits per heavy atom. The second kappa shape index (κ2) is 31.4. The number of benzene rings is 5. The molecule has 464 valence electrons. The topological polar surface area (TPSA) is 161 Å². The van der Waals surface area contributed by atoms with Crippen molar-refractivity contribution in [2.75, 3.05) is 0 Å². The van der Waals surface area contributed by atoms with E-state index in [9.17, 15) is 96.2 Å². The average molecular weight is 1470 g/mol. The molecule has 0 aliphatic heterocycles. The number of phenols is 2. The molecule has 33 heteroatoms. The standard InChI is InChI=1S/C10H11F3O3S.C10H11F3.C9H11Cl.C9H9F3O.C9H12O.C2F6O5S2.BBr3/c1-6-4-8(3)9(5-7(6)2)16-17(14,15)10(11,12)13;1-6-4-8(3)9(5-7(6)2)10(11,12)13;1-6-4-8(3)9(10)5-7(6)2;1-5-4-8(13)6(2)3-7(5)9(10,11)12;1-6-4-8(3)9(10)5-7(6)2;3-1(4,5)14(9,10)13-15(11,12)2(6,7)8;2-1(3)4/h4-5H,1-3H3;4-5H,1-3H3;4-5H,1-3H3;3-4,13H,1-2H3;4-5,10H,1-3H3;;. The normalized spacial score (nSPS) is 11.9. The van der Waals surface area contributed by atoms with Gasteiger partial charge in [0.25, 0.3) is 0 Å². The van der Waals surface area contributed by atoms with E-state index < -0.39 is 70.4 Å². The summed E-state index contributed by atoms with van der Waals surface area (Å²) in [4.78, 5) is 0. The van der Waals surface area contributed by atoms with Gasteiger partial charge in [-0.2, -0.15) is 91.1 Å². The van der Waals surface area contributed by atoms with Gasteiger partial charge in [-0.1, -0.05) is 35.9 Å². The quantitative estimate of drug-likeness (QED) is 0.0767. The van der Waals surface area contributed by atoms with Crippen molar-refractivity contribution in [2.45, 2.75) is 126 Å². The molecule has 5 aromatic carbocycles. The molecule has 82 heavy (non-hydrogen) atoms. The molecular formula is C49H54BBr3ClF15O10S3. The van der Waals surface area contributed by atoms with E-state index in [4.69, 9.17) is 16.7 Å². The third-order valence-electron chi connectivity index (χ3n) is 10.6. The van der Waals surface area contributed by atoms with Gasteiger partial charge in [0, 0.05) is 5.02 Å². The highest BCUT2D eigenvalue weighted by molar-refractivity contribution is 9.69. The average Bonchev–Trinajstić information content (AvgIpc) is 3.25. The third-order valence-corrected chi connectivity index (χ3v) is 14.5. The van der Waals surface area contributed by atoms with Crippen LogP contribution in [0.15, 0.2) is 60.7 Å². The van der Waals surface area contributed by atoms with Gasteiger partial charge in [0.1, 0.15) is 17.2 Å². The SMILES string of the molecule is BrB(Br)Br.Cc1cc(C(F)(F)F)c(C)cc1O.Cc1cc(C)c(C(F)(F)F)cc1C.Cc1cc(C)c(Cl)cc1C.Cc1cc(C)c(O)cc1C.Cc1cc(C)c(OS(=O)(=O)C(F)(F)F)cc1C.O=S(=O)(OS(=O)(=O)C(F)(F)F)C(F)(F)F. The largest absolute Gasteiger partial charge is 0.534 e.